The third kappa shape index (κ3) is 75.2. The molecular formula is C5H18NO6P. The second-order valence-electron chi connectivity index (χ2n) is 3.23. The molecule has 0 aliphatic rings. The number of aliphatic hydroxyl groups excluding tert-OH is 1. The van der Waals surface area contributed by atoms with E-state index in [4.69, 9.17) is 24.4 Å². The zero-order valence-electron chi connectivity index (χ0n) is 7.97. The van der Waals surface area contributed by atoms with Gasteiger partial charge in [0.2, 0.25) is 0 Å². The molecule has 0 aromatic heterocycles. The van der Waals surface area contributed by atoms with Gasteiger partial charge in [-0.3, -0.25) is 4.57 Å². The van der Waals surface area contributed by atoms with Crippen molar-refractivity contribution < 1.29 is 34.3 Å². The summed E-state index contributed by atoms with van der Waals surface area (Å²) in [6, 6.07) is 0. The summed E-state index contributed by atoms with van der Waals surface area (Å²) < 4.78 is 9.61. The molecule has 8 heteroatoms. The highest BCUT2D eigenvalue weighted by atomic mass is 31.2. The fourth-order valence-corrected chi connectivity index (χ4v) is 0.300. The number of quaternary nitrogens is 1. The molecule has 0 rings (SSSR count). The van der Waals surface area contributed by atoms with E-state index in [-0.39, 0.29) is 12.1 Å². The zero-order chi connectivity index (χ0) is 10.4. The summed E-state index contributed by atoms with van der Waals surface area (Å²) in [4.78, 5) is 22.9. The van der Waals surface area contributed by atoms with E-state index >= 15 is 0 Å². The van der Waals surface area contributed by atoms with Crippen LogP contribution < -0.4 is 4.89 Å². The molecule has 0 unspecified atom stereocenters. The van der Waals surface area contributed by atoms with Crippen LogP contribution in [0.4, 0.5) is 0 Å². The van der Waals surface area contributed by atoms with Crippen LogP contribution in [0, 0.1) is 0 Å². The number of nitrogens with zero attached hydrogens (tertiary/aromatic N) is 1. The number of likely N-dealkylation sites (N-methyl/N-ethyl adjacent to an activating group) is 1. The van der Waals surface area contributed by atoms with Gasteiger partial charge in [-0.1, -0.05) is 0 Å². The van der Waals surface area contributed by atoms with Gasteiger partial charge in [-0.15, -0.1) is 0 Å². The van der Waals surface area contributed by atoms with Crippen LogP contribution in [0.3, 0.4) is 0 Å². The van der Waals surface area contributed by atoms with Crippen LogP contribution in [0.1, 0.15) is 0 Å². The van der Waals surface area contributed by atoms with Gasteiger partial charge < -0.3 is 29.7 Å². The predicted octanol–water partition coefficient (Wildman–Crippen LogP) is -2.70. The number of hydrogen-bond acceptors (Lipinski definition) is 3. The van der Waals surface area contributed by atoms with Crippen LogP contribution in [-0.4, -0.2) is 59.1 Å². The van der Waals surface area contributed by atoms with Crippen LogP contribution in [0.25, 0.3) is 0 Å². The number of hydrogen-bond donors (Lipinski definition) is 3. The molecule has 0 bridgehead atoms. The Kier molecular flexibility index (Phi) is 10.7. The van der Waals surface area contributed by atoms with Crippen molar-refractivity contribution >= 4 is 7.82 Å². The third-order valence-electron chi connectivity index (χ3n) is 0.771. The highest BCUT2D eigenvalue weighted by Gasteiger charge is 2.02. The normalized spacial score (nSPS) is 11.0. The molecule has 0 aliphatic carbocycles. The Morgan fingerprint density at radius 2 is 1.54 bits per heavy atom. The lowest BCUT2D eigenvalue weighted by molar-refractivity contribution is -0.870. The Balaban J connectivity index is -0.000000150. The van der Waals surface area contributed by atoms with Gasteiger partial charge in [0, 0.05) is 0 Å². The van der Waals surface area contributed by atoms with Crippen LogP contribution in [0.15, 0.2) is 0 Å². The Morgan fingerprint density at radius 3 is 1.54 bits per heavy atom. The Bertz CT molecular complexity index is 141. The number of phosphoric acid groups is 1. The average Bonchev–Trinajstić information content (AvgIpc) is 1.54. The first-order chi connectivity index (χ1) is 5.06. The zero-order valence-corrected chi connectivity index (χ0v) is 8.86. The standard InChI is InChI=1S/C5H14NO.H3O4P.H2O/c1-6(2,3)4-5-7;1-5(2,3)4;/h7H,4-5H2,1-3H3;(H3,1,2,3,4);1H2/q+1;;/p-1. The van der Waals surface area contributed by atoms with E-state index in [1.54, 1.807) is 0 Å². The van der Waals surface area contributed by atoms with E-state index < -0.39 is 7.82 Å². The Hall–Kier alpha value is -0.0100. The minimum Gasteiger partial charge on any atom is -0.756 e. The van der Waals surface area contributed by atoms with Crippen molar-refractivity contribution in [3.05, 3.63) is 0 Å². The van der Waals surface area contributed by atoms with Crippen molar-refractivity contribution in [2.24, 2.45) is 0 Å². The third-order valence-corrected chi connectivity index (χ3v) is 0.771. The van der Waals surface area contributed by atoms with E-state index in [1.807, 2.05) is 0 Å². The fourth-order valence-electron chi connectivity index (χ4n) is 0.300. The van der Waals surface area contributed by atoms with E-state index in [9.17, 15) is 0 Å². The molecule has 0 saturated carbocycles. The minimum absolute atomic E-state index is 0. The summed E-state index contributed by atoms with van der Waals surface area (Å²) in [5.74, 6) is 0. The summed E-state index contributed by atoms with van der Waals surface area (Å²) in [5, 5.41) is 8.39. The minimum atomic E-state index is -4.89. The summed E-state index contributed by atoms with van der Waals surface area (Å²) in [5.41, 5.74) is 0. The molecule has 0 heterocycles. The molecule has 0 saturated heterocycles. The van der Waals surface area contributed by atoms with Gasteiger partial charge in [0.25, 0.3) is 7.82 Å². The molecule has 7 nitrogen and oxygen atoms in total. The molecule has 0 aliphatic heterocycles. The van der Waals surface area contributed by atoms with Gasteiger partial charge in [0.05, 0.1) is 27.7 Å². The second kappa shape index (κ2) is 7.40. The van der Waals surface area contributed by atoms with Gasteiger partial charge in [-0.05, 0) is 0 Å². The molecule has 13 heavy (non-hydrogen) atoms. The molecular weight excluding hydrogens is 201 g/mol. The largest absolute Gasteiger partial charge is 0.756 e. The molecule has 0 spiro atoms. The van der Waals surface area contributed by atoms with Gasteiger partial charge in [-0.2, -0.15) is 0 Å². The maximum atomic E-state index is 8.77. The molecule has 5 N–H and O–H groups in total. The molecule has 0 amide bonds. The van der Waals surface area contributed by atoms with Crippen molar-refractivity contribution in [1.29, 1.82) is 0 Å². The molecule has 0 aromatic carbocycles. The molecule has 0 fully saturated rings. The number of aliphatic hydroxyl groups is 1. The second-order valence-corrected chi connectivity index (χ2v) is 4.21. The summed E-state index contributed by atoms with van der Waals surface area (Å²) in [6.07, 6.45) is 0. The van der Waals surface area contributed by atoms with Crippen molar-refractivity contribution in [2.75, 3.05) is 34.3 Å². The quantitative estimate of drug-likeness (QED) is 0.343. The van der Waals surface area contributed by atoms with Crippen molar-refractivity contribution in [3.63, 3.8) is 0 Å². The highest BCUT2D eigenvalue weighted by molar-refractivity contribution is 7.43. The first kappa shape index (κ1) is 18.7. The fraction of sp³-hybridized carbons (Fsp3) is 1.00. The Labute approximate surface area is 77.4 Å². The topological polar surface area (TPSA) is 132 Å². The van der Waals surface area contributed by atoms with E-state index in [0.29, 0.717) is 0 Å². The number of rotatable bonds is 2. The SMILES string of the molecule is C[N+](C)(C)CCO.O.O=P([O-])(O)O. The molecule has 0 aromatic rings. The molecule has 0 atom stereocenters. The highest BCUT2D eigenvalue weighted by Crippen LogP contribution is 2.18. The first-order valence-corrected chi connectivity index (χ1v) is 4.77. The monoisotopic (exact) mass is 219 g/mol. The van der Waals surface area contributed by atoms with Crippen LogP contribution in [0.5, 0.6) is 0 Å². The smallest absolute Gasteiger partial charge is 0.262 e. The van der Waals surface area contributed by atoms with E-state index in [1.165, 1.54) is 0 Å². The average molecular weight is 219 g/mol. The predicted molar refractivity (Wildman–Crippen MR) is 45.6 cm³/mol. The maximum Gasteiger partial charge on any atom is 0.262 e. The van der Waals surface area contributed by atoms with Crippen molar-refractivity contribution in [2.45, 2.75) is 0 Å². The lowest BCUT2D eigenvalue weighted by atomic mass is 10.5. The maximum absolute atomic E-state index is 8.77. The Morgan fingerprint density at radius 1 is 1.31 bits per heavy atom. The van der Waals surface area contributed by atoms with Crippen LogP contribution >= 0.6 is 7.82 Å². The van der Waals surface area contributed by atoms with Gasteiger partial charge >= 0.3 is 0 Å². The van der Waals surface area contributed by atoms with Gasteiger partial charge in [0.1, 0.15) is 6.54 Å². The van der Waals surface area contributed by atoms with Gasteiger partial charge in [-0.25, -0.2) is 0 Å². The van der Waals surface area contributed by atoms with Crippen LogP contribution in [0.2, 0.25) is 0 Å². The van der Waals surface area contributed by atoms with Crippen LogP contribution in [-0.2, 0) is 4.57 Å². The van der Waals surface area contributed by atoms with Crippen molar-refractivity contribution in [1.82, 2.24) is 0 Å². The van der Waals surface area contributed by atoms with E-state index in [0.717, 1.165) is 11.0 Å². The molecule has 84 valence electrons. The van der Waals surface area contributed by atoms with Crippen molar-refractivity contribution in [3.8, 4) is 0 Å². The summed E-state index contributed by atoms with van der Waals surface area (Å²) in [6.45, 7) is 1.11. The lowest BCUT2D eigenvalue weighted by Gasteiger charge is -2.21. The van der Waals surface area contributed by atoms with E-state index in [2.05, 4.69) is 21.1 Å². The summed E-state index contributed by atoms with van der Waals surface area (Å²) in [7, 11) is 1.27. The van der Waals surface area contributed by atoms with Gasteiger partial charge in [0.15, 0.2) is 0 Å². The molecule has 0 radical (unpaired) electrons. The summed E-state index contributed by atoms with van der Waals surface area (Å²) >= 11 is 0. The first-order valence-electron chi connectivity index (χ1n) is 3.24. The lowest BCUT2D eigenvalue weighted by Crippen LogP contribution is -2.36.